The molecular weight excluding hydrogens is 334 g/mol. The van der Waals surface area contributed by atoms with Crippen molar-refractivity contribution >= 4 is 16.9 Å². The van der Waals surface area contributed by atoms with Crippen LogP contribution in [0.1, 0.15) is 50.1 Å². The lowest BCUT2D eigenvalue weighted by Crippen LogP contribution is -2.42. The largest absolute Gasteiger partial charge is 0.337 e. The van der Waals surface area contributed by atoms with E-state index in [0.717, 1.165) is 29.9 Å². The summed E-state index contributed by atoms with van der Waals surface area (Å²) in [4.78, 5) is 19.6. The van der Waals surface area contributed by atoms with Gasteiger partial charge in [0, 0.05) is 31.0 Å². The molecule has 1 aliphatic heterocycles. The van der Waals surface area contributed by atoms with Gasteiger partial charge in [0.1, 0.15) is 5.82 Å². The molecule has 0 bridgehead atoms. The predicted octanol–water partition coefficient (Wildman–Crippen LogP) is 4.51. The molecule has 1 atom stereocenters. The maximum atomic E-state index is 12.6. The molecule has 0 saturated carbocycles. The lowest BCUT2D eigenvalue weighted by Gasteiger charge is -2.32. The van der Waals surface area contributed by atoms with Crippen LogP contribution in [-0.4, -0.2) is 32.4 Å². The Morgan fingerprint density at radius 3 is 2.44 bits per heavy atom. The van der Waals surface area contributed by atoms with E-state index in [0.29, 0.717) is 6.42 Å². The Kier molecular flexibility index (Phi) is 4.29. The molecule has 1 aromatic heterocycles. The standard InChI is InChI=1S/C23H27N3O/c1-16-9-11-17(12-10-16)14-25-20-8-6-5-7-19(20)24-22(25)18-13-21(27)26(15-18)23(2,3)4/h5-12,18H,13-15H2,1-4H3. The number of hydrogen-bond acceptors (Lipinski definition) is 2. The van der Waals surface area contributed by atoms with Crippen LogP contribution in [0.25, 0.3) is 11.0 Å². The fraction of sp³-hybridized carbons (Fsp3) is 0.391. The number of nitrogens with zero attached hydrogens (tertiary/aromatic N) is 3. The van der Waals surface area contributed by atoms with Crippen LogP contribution in [-0.2, 0) is 11.3 Å². The Hall–Kier alpha value is -2.62. The van der Waals surface area contributed by atoms with E-state index in [2.05, 4.69) is 74.7 Å². The SMILES string of the molecule is Cc1ccc(Cn2c(C3CC(=O)N(C(C)(C)C)C3)nc3ccccc32)cc1. The second-order valence-electron chi connectivity index (χ2n) is 8.61. The number of carbonyl (C=O) groups is 1. The van der Waals surface area contributed by atoms with Crippen LogP contribution >= 0.6 is 0 Å². The van der Waals surface area contributed by atoms with Gasteiger partial charge >= 0.3 is 0 Å². The minimum atomic E-state index is -0.153. The van der Waals surface area contributed by atoms with Crippen molar-refractivity contribution in [3.63, 3.8) is 0 Å². The second-order valence-corrected chi connectivity index (χ2v) is 8.61. The van der Waals surface area contributed by atoms with Crippen LogP contribution in [0.2, 0.25) is 0 Å². The minimum Gasteiger partial charge on any atom is -0.337 e. The molecule has 2 heterocycles. The zero-order valence-electron chi connectivity index (χ0n) is 16.6. The van der Waals surface area contributed by atoms with Crippen LogP contribution < -0.4 is 0 Å². The Labute approximate surface area is 160 Å². The summed E-state index contributed by atoms with van der Waals surface area (Å²) in [6, 6.07) is 16.9. The normalized spacial score (nSPS) is 17.9. The highest BCUT2D eigenvalue weighted by Gasteiger charge is 2.38. The molecule has 2 aromatic carbocycles. The van der Waals surface area contributed by atoms with Crippen LogP contribution in [0.15, 0.2) is 48.5 Å². The Bertz CT molecular complexity index is 979. The van der Waals surface area contributed by atoms with Gasteiger partial charge in [0.15, 0.2) is 0 Å². The molecule has 1 amide bonds. The number of imidazole rings is 1. The quantitative estimate of drug-likeness (QED) is 0.688. The molecule has 4 rings (SSSR count). The van der Waals surface area contributed by atoms with Crippen molar-refractivity contribution in [3.8, 4) is 0 Å². The van der Waals surface area contributed by atoms with Gasteiger partial charge in [-0.2, -0.15) is 0 Å². The number of hydrogen-bond donors (Lipinski definition) is 0. The van der Waals surface area contributed by atoms with E-state index in [-0.39, 0.29) is 17.4 Å². The van der Waals surface area contributed by atoms with Crippen molar-refractivity contribution in [2.45, 2.75) is 52.1 Å². The molecule has 27 heavy (non-hydrogen) atoms. The molecule has 0 aliphatic carbocycles. The van der Waals surface area contributed by atoms with E-state index >= 15 is 0 Å². The lowest BCUT2D eigenvalue weighted by molar-refractivity contribution is -0.131. The fourth-order valence-electron chi connectivity index (χ4n) is 3.98. The van der Waals surface area contributed by atoms with Crippen molar-refractivity contribution in [2.75, 3.05) is 6.54 Å². The van der Waals surface area contributed by atoms with Crippen LogP contribution in [0.3, 0.4) is 0 Å². The summed E-state index contributed by atoms with van der Waals surface area (Å²) in [7, 11) is 0. The number of amides is 1. The Morgan fingerprint density at radius 1 is 1.07 bits per heavy atom. The van der Waals surface area contributed by atoms with Crippen LogP contribution in [0.5, 0.6) is 0 Å². The maximum Gasteiger partial charge on any atom is 0.223 e. The maximum absolute atomic E-state index is 12.6. The summed E-state index contributed by atoms with van der Waals surface area (Å²) in [5, 5.41) is 0. The summed E-state index contributed by atoms with van der Waals surface area (Å²) in [5.74, 6) is 1.38. The highest BCUT2D eigenvalue weighted by Crippen LogP contribution is 2.34. The van der Waals surface area contributed by atoms with E-state index in [9.17, 15) is 4.79 Å². The van der Waals surface area contributed by atoms with E-state index in [1.165, 1.54) is 11.1 Å². The molecule has 0 radical (unpaired) electrons. The van der Waals surface area contributed by atoms with Crippen molar-refractivity contribution in [3.05, 3.63) is 65.5 Å². The minimum absolute atomic E-state index is 0.134. The average Bonchev–Trinajstić information content (AvgIpc) is 3.18. The van der Waals surface area contributed by atoms with E-state index in [1.807, 2.05) is 11.0 Å². The van der Waals surface area contributed by atoms with Gasteiger partial charge in [-0.1, -0.05) is 42.0 Å². The van der Waals surface area contributed by atoms with Gasteiger partial charge in [0.2, 0.25) is 5.91 Å². The molecule has 0 N–H and O–H groups in total. The first-order chi connectivity index (χ1) is 12.8. The lowest BCUT2D eigenvalue weighted by atomic mass is 10.1. The summed E-state index contributed by atoms with van der Waals surface area (Å²) in [5.41, 5.74) is 4.49. The molecule has 4 heteroatoms. The van der Waals surface area contributed by atoms with Crippen LogP contribution in [0.4, 0.5) is 0 Å². The predicted molar refractivity (Wildman–Crippen MR) is 109 cm³/mol. The van der Waals surface area contributed by atoms with Gasteiger partial charge in [-0.3, -0.25) is 4.79 Å². The summed E-state index contributed by atoms with van der Waals surface area (Å²) < 4.78 is 2.30. The van der Waals surface area contributed by atoms with Gasteiger partial charge in [-0.25, -0.2) is 4.98 Å². The molecule has 4 nitrogen and oxygen atoms in total. The van der Waals surface area contributed by atoms with Crippen molar-refractivity contribution < 1.29 is 4.79 Å². The van der Waals surface area contributed by atoms with Crippen molar-refractivity contribution in [1.82, 2.24) is 14.5 Å². The average molecular weight is 361 g/mol. The third-order valence-electron chi connectivity index (χ3n) is 5.45. The molecule has 1 saturated heterocycles. The highest BCUT2D eigenvalue weighted by molar-refractivity contribution is 5.81. The van der Waals surface area contributed by atoms with Gasteiger partial charge in [0.05, 0.1) is 11.0 Å². The van der Waals surface area contributed by atoms with E-state index in [4.69, 9.17) is 4.98 Å². The summed E-state index contributed by atoms with van der Waals surface area (Å²) in [6.07, 6.45) is 0.536. The molecule has 1 fully saturated rings. The zero-order valence-corrected chi connectivity index (χ0v) is 16.6. The third kappa shape index (κ3) is 3.36. The molecule has 1 unspecified atom stereocenters. The number of aromatic nitrogens is 2. The number of fused-ring (bicyclic) bond motifs is 1. The molecule has 0 spiro atoms. The first-order valence-electron chi connectivity index (χ1n) is 9.64. The molecule has 140 valence electrons. The highest BCUT2D eigenvalue weighted by atomic mass is 16.2. The second kappa shape index (κ2) is 6.52. The number of aryl methyl sites for hydroxylation is 1. The van der Waals surface area contributed by atoms with E-state index in [1.54, 1.807) is 0 Å². The Balaban J connectivity index is 1.74. The van der Waals surface area contributed by atoms with Crippen molar-refractivity contribution in [2.24, 2.45) is 0 Å². The fourth-order valence-corrected chi connectivity index (χ4v) is 3.98. The monoisotopic (exact) mass is 361 g/mol. The zero-order chi connectivity index (χ0) is 19.2. The first-order valence-corrected chi connectivity index (χ1v) is 9.64. The third-order valence-corrected chi connectivity index (χ3v) is 5.45. The Morgan fingerprint density at radius 2 is 1.78 bits per heavy atom. The smallest absolute Gasteiger partial charge is 0.223 e. The number of rotatable bonds is 3. The number of benzene rings is 2. The van der Waals surface area contributed by atoms with Crippen molar-refractivity contribution in [1.29, 1.82) is 0 Å². The van der Waals surface area contributed by atoms with Crippen LogP contribution in [0, 0.1) is 6.92 Å². The summed E-state index contributed by atoms with van der Waals surface area (Å²) >= 11 is 0. The van der Waals surface area contributed by atoms with Gasteiger partial charge in [-0.15, -0.1) is 0 Å². The number of likely N-dealkylation sites (tertiary alicyclic amines) is 1. The van der Waals surface area contributed by atoms with E-state index < -0.39 is 0 Å². The molecule has 1 aliphatic rings. The summed E-state index contributed by atoms with van der Waals surface area (Å²) in [6.45, 7) is 9.91. The van der Waals surface area contributed by atoms with Gasteiger partial charge < -0.3 is 9.47 Å². The van der Waals surface area contributed by atoms with Gasteiger partial charge in [-0.05, 0) is 45.4 Å². The number of carbonyl (C=O) groups excluding carboxylic acids is 1. The molecule has 3 aromatic rings. The first kappa shape index (κ1) is 17.8. The van der Waals surface area contributed by atoms with Gasteiger partial charge in [0.25, 0.3) is 0 Å². The molecular formula is C23H27N3O. The number of para-hydroxylation sites is 2. The topological polar surface area (TPSA) is 38.1 Å².